The molecule has 0 spiro atoms. The molecule has 0 aliphatic heterocycles. The number of carbonyl (C=O) groups excluding carboxylic acids is 1. The average Bonchev–Trinajstić information content (AvgIpc) is 2.81. The number of aromatic carboxylic acids is 1. The summed E-state index contributed by atoms with van der Waals surface area (Å²) in [5.74, 6) is -1.70. The van der Waals surface area contributed by atoms with Crippen molar-refractivity contribution >= 4 is 21.9 Å². The third kappa shape index (κ3) is 3.55. The third-order valence-electron chi connectivity index (χ3n) is 2.44. The highest BCUT2D eigenvalue weighted by Gasteiger charge is 2.21. The van der Waals surface area contributed by atoms with Crippen molar-refractivity contribution in [1.29, 1.82) is 0 Å². The van der Waals surface area contributed by atoms with Crippen molar-refractivity contribution in [2.45, 2.75) is 18.4 Å². The van der Waals surface area contributed by atoms with E-state index in [4.69, 9.17) is 5.11 Å². The van der Waals surface area contributed by atoms with Gasteiger partial charge in [0.2, 0.25) is 15.9 Å². The number of hydrogen-bond acceptors (Lipinski definition) is 4. The maximum absolute atomic E-state index is 11.9. The molecule has 0 radical (unpaired) electrons. The monoisotopic (exact) mass is 289 g/mol. The first-order valence-corrected chi connectivity index (χ1v) is 6.93. The molecule has 1 rings (SSSR count). The lowest BCUT2D eigenvalue weighted by atomic mass is 10.4. The Morgan fingerprint density at radius 2 is 2.05 bits per heavy atom. The molecule has 1 aromatic heterocycles. The molecule has 0 aliphatic rings. The van der Waals surface area contributed by atoms with Crippen LogP contribution in [0.5, 0.6) is 0 Å². The highest BCUT2D eigenvalue weighted by atomic mass is 32.2. The summed E-state index contributed by atoms with van der Waals surface area (Å²) in [6.45, 7) is 1.62. The van der Waals surface area contributed by atoms with E-state index in [1.807, 2.05) is 0 Å². The Bertz CT molecular complexity index is 590. The summed E-state index contributed by atoms with van der Waals surface area (Å²) in [6, 6.07) is 1.05. The number of rotatable bonds is 6. The molecule has 9 heteroatoms. The lowest BCUT2D eigenvalue weighted by Gasteiger charge is -2.03. The van der Waals surface area contributed by atoms with Crippen LogP contribution >= 0.6 is 0 Å². The van der Waals surface area contributed by atoms with Gasteiger partial charge in [0.05, 0.1) is 6.54 Å². The Hall–Kier alpha value is -1.87. The van der Waals surface area contributed by atoms with Crippen LogP contribution in [0.3, 0.4) is 0 Å². The minimum atomic E-state index is -3.91. The molecule has 0 bridgehead atoms. The van der Waals surface area contributed by atoms with Gasteiger partial charge in [-0.3, -0.25) is 4.79 Å². The van der Waals surface area contributed by atoms with Crippen LogP contribution < -0.4 is 10.0 Å². The maximum Gasteiger partial charge on any atom is 0.352 e. The molecule has 0 unspecified atom stereocenters. The second-order valence-electron chi connectivity index (χ2n) is 3.65. The molecule has 0 aromatic carbocycles. The highest BCUT2D eigenvalue weighted by Crippen LogP contribution is 2.14. The number of hydrogen-bond donors (Lipinski definition) is 3. The van der Waals surface area contributed by atoms with Gasteiger partial charge in [0.25, 0.3) is 0 Å². The molecular formula is C10H15N3O5S. The van der Waals surface area contributed by atoms with E-state index in [9.17, 15) is 18.0 Å². The van der Waals surface area contributed by atoms with Gasteiger partial charge in [-0.25, -0.2) is 17.9 Å². The number of sulfonamides is 1. The second kappa shape index (κ2) is 5.85. The van der Waals surface area contributed by atoms with E-state index < -0.39 is 28.4 Å². The molecule has 8 nitrogen and oxygen atoms in total. The van der Waals surface area contributed by atoms with Gasteiger partial charge in [-0.15, -0.1) is 0 Å². The van der Waals surface area contributed by atoms with Crippen LogP contribution in [-0.4, -0.2) is 43.6 Å². The summed E-state index contributed by atoms with van der Waals surface area (Å²) < 4.78 is 27.1. The Balaban J connectivity index is 3.02. The fourth-order valence-electron chi connectivity index (χ4n) is 1.40. The van der Waals surface area contributed by atoms with Crippen molar-refractivity contribution in [3.05, 3.63) is 18.0 Å². The van der Waals surface area contributed by atoms with E-state index >= 15 is 0 Å². The van der Waals surface area contributed by atoms with Crippen LogP contribution in [0.2, 0.25) is 0 Å². The van der Waals surface area contributed by atoms with E-state index in [2.05, 4.69) is 10.0 Å². The Labute approximate surface area is 110 Å². The minimum absolute atomic E-state index is 0.122. The van der Waals surface area contributed by atoms with Gasteiger partial charge in [0.1, 0.15) is 10.6 Å². The zero-order valence-corrected chi connectivity index (χ0v) is 11.3. The predicted octanol–water partition coefficient (Wildman–Crippen LogP) is -0.769. The first kappa shape index (κ1) is 15.2. The van der Waals surface area contributed by atoms with E-state index in [1.54, 1.807) is 6.92 Å². The van der Waals surface area contributed by atoms with Gasteiger partial charge < -0.3 is 15.0 Å². The van der Waals surface area contributed by atoms with Crippen molar-refractivity contribution in [3.8, 4) is 0 Å². The van der Waals surface area contributed by atoms with Crippen molar-refractivity contribution in [2.24, 2.45) is 0 Å². The minimum Gasteiger partial charge on any atom is -0.477 e. The molecule has 1 amide bonds. The van der Waals surface area contributed by atoms with Gasteiger partial charge >= 0.3 is 5.97 Å². The SMILES string of the molecule is CCn1cc(S(=O)(=O)NCC(=O)NC)cc1C(=O)O. The van der Waals surface area contributed by atoms with E-state index in [0.29, 0.717) is 6.54 Å². The molecule has 0 saturated carbocycles. The molecular weight excluding hydrogens is 274 g/mol. The van der Waals surface area contributed by atoms with Crippen molar-refractivity contribution in [2.75, 3.05) is 13.6 Å². The number of likely N-dealkylation sites (N-methyl/N-ethyl adjacent to an activating group) is 1. The van der Waals surface area contributed by atoms with Crippen LogP contribution in [0, 0.1) is 0 Å². The summed E-state index contributed by atoms with van der Waals surface area (Å²) in [5, 5.41) is 11.2. The maximum atomic E-state index is 11.9. The van der Waals surface area contributed by atoms with Gasteiger partial charge in [0.15, 0.2) is 0 Å². The molecule has 3 N–H and O–H groups in total. The molecule has 0 aliphatic carbocycles. The van der Waals surface area contributed by atoms with Crippen LogP contribution in [0.15, 0.2) is 17.2 Å². The fourth-order valence-corrected chi connectivity index (χ4v) is 2.42. The molecule has 0 atom stereocenters. The summed E-state index contributed by atoms with van der Waals surface area (Å²) in [7, 11) is -2.52. The van der Waals surface area contributed by atoms with Gasteiger partial charge in [-0.1, -0.05) is 0 Å². The molecule has 19 heavy (non-hydrogen) atoms. The normalized spacial score (nSPS) is 11.3. The van der Waals surface area contributed by atoms with Crippen molar-refractivity contribution in [3.63, 3.8) is 0 Å². The molecule has 0 saturated heterocycles. The summed E-state index contributed by atoms with van der Waals surface area (Å²) >= 11 is 0. The van der Waals surface area contributed by atoms with Gasteiger partial charge in [-0.05, 0) is 13.0 Å². The number of carboxylic acid groups (broad SMARTS) is 1. The fraction of sp³-hybridized carbons (Fsp3) is 0.400. The van der Waals surface area contributed by atoms with E-state index in [1.165, 1.54) is 17.8 Å². The Morgan fingerprint density at radius 3 is 2.47 bits per heavy atom. The van der Waals surface area contributed by atoms with Crippen LogP contribution in [0.1, 0.15) is 17.4 Å². The predicted molar refractivity (Wildman–Crippen MR) is 66.3 cm³/mol. The summed E-state index contributed by atoms with van der Waals surface area (Å²) in [5.41, 5.74) is -0.122. The number of aryl methyl sites for hydroxylation is 1. The van der Waals surface area contributed by atoms with Gasteiger partial charge in [0, 0.05) is 19.8 Å². The molecule has 1 aromatic rings. The summed E-state index contributed by atoms with van der Waals surface area (Å²) in [6.07, 6.45) is 1.22. The summed E-state index contributed by atoms with van der Waals surface area (Å²) in [4.78, 5) is 21.7. The number of amides is 1. The first-order chi connectivity index (χ1) is 8.81. The van der Waals surface area contributed by atoms with E-state index in [0.717, 1.165) is 6.07 Å². The zero-order chi connectivity index (χ0) is 14.6. The van der Waals surface area contributed by atoms with E-state index in [-0.39, 0.29) is 10.6 Å². The third-order valence-corrected chi connectivity index (χ3v) is 3.81. The lowest BCUT2D eigenvalue weighted by Crippen LogP contribution is -2.35. The number of carboxylic acids is 1. The lowest BCUT2D eigenvalue weighted by molar-refractivity contribution is -0.119. The van der Waals surface area contributed by atoms with Crippen LogP contribution in [0.4, 0.5) is 0 Å². The largest absolute Gasteiger partial charge is 0.477 e. The van der Waals surface area contributed by atoms with Crippen LogP contribution in [0.25, 0.3) is 0 Å². The Kier molecular flexibility index (Phi) is 4.67. The molecule has 106 valence electrons. The van der Waals surface area contributed by atoms with Crippen molar-refractivity contribution in [1.82, 2.24) is 14.6 Å². The topological polar surface area (TPSA) is 118 Å². The zero-order valence-electron chi connectivity index (χ0n) is 10.5. The quantitative estimate of drug-likeness (QED) is 0.635. The average molecular weight is 289 g/mol. The number of aromatic nitrogens is 1. The molecule has 0 fully saturated rings. The number of carbonyl (C=O) groups is 2. The standard InChI is InChI=1S/C10H15N3O5S/c1-3-13-6-7(4-8(13)10(15)16)19(17,18)12-5-9(14)11-2/h4,6,12H,3,5H2,1-2H3,(H,11,14)(H,15,16). The number of nitrogens with zero attached hydrogens (tertiary/aromatic N) is 1. The van der Waals surface area contributed by atoms with Crippen molar-refractivity contribution < 1.29 is 23.1 Å². The Morgan fingerprint density at radius 1 is 1.42 bits per heavy atom. The highest BCUT2D eigenvalue weighted by molar-refractivity contribution is 7.89. The molecule has 1 heterocycles. The van der Waals surface area contributed by atoms with Crippen LogP contribution in [-0.2, 0) is 21.4 Å². The smallest absolute Gasteiger partial charge is 0.352 e. The first-order valence-electron chi connectivity index (χ1n) is 5.45. The van der Waals surface area contributed by atoms with Gasteiger partial charge in [-0.2, -0.15) is 0 Å². The number of nitrogens with one attached hydrogen (secondary N) is 2. The second-order valence-corrected chi connectivity index (χ2v) is 5.42.